The van der Waals surface area contributed by atoms with Gasteiger partial charge in [-0.3, -0.25) is 14.6 Å². The Bertz CT molecular complexity index is 1070. The number of para-hydroxylation sites is 1. The van der Waals surface area contributed by atoms with Gasteiger partial charge in [-0.25, -0.2) is 0 Å². The highest BCUT2D eigenvalue weighted by molar-refractivity contribution is 6.00. The molecule has 158 valence electrons. The molecule has 1 N–H and O–H groups in total. The Kier molecular flexibility index (Phi) is 5.98. The van der Waals surface area contributed by atoms with Crippen LogP contribution in [0.4, 0.5) is 11.4 Å². The average molecular weight is 415 g/mol. The predicted octanol–water partition coefficient (Wildman–Crippen LogP) is 4.52. The van der Waals surface area contributed by atoms with Crippen molar-refractivity contribution < 1.29 is 14.3 Å². The lowest BCUT2D eigenvalue weighted by atomic mass is 9.82. The van der Waals surface area contributed by atoms with Crippen LogP contribution in [0.2, 0.25) is 0 Å². The standard InChI is InChI=1S/C25H25N3O3/c1-17-7-9-19(10-8-17)28-23(29)12-11-21(25(30)27-18-13-15-26-16-14-18)24(28)20-5-3-4-6-22(20)31-2/h3-10,13-16,21,24H,11-12H2,1-2H3,(H,26,27,30)/t21-,24+/m1/s1. The molecule has 6 heteroatoms. The van der Waals surface area contributed by atoms with E-state index in [1.165, 1.54) is 0 Å². The smallest absolute Gasteiger partial charge is 0.229 e. The highest BCUT2D eigenvalue weighted by atomic mass is 16.5. The van der Waals surface area contributed by atoms with E-state index in [9.17, 15) is 9.59 Å². The molecule has 3 aromatic rings. The highest BCUT2D eigenvalue weighted by Crippen LogP contribution is 2.43. The number of aromatic nitrogens is 1. The molecular formula is C25H25N3O3. The summed E-state index contributed by atoms with van der Waals surface area (Å²) in [4.78, 5) is 32.3. The third kappa shape index (κ3) is 4.28. The minimum Gasteiger partial charge on any atom is -0.496 e. The Hall–Kier alpha value is -3.67. The molecule has 2 amide bonds. The van der Waals surface area contributed by atoms with Crippen molar-refractivity contribution in [3.63, 3.8) is 0 Å². The van der Waals surface area contributed by atoms with Gasteiger partial charge in [0.15, 0.2) is 0 Å². The van der Waals surface area contributed by atoms with E-state index in [2.05, 4.69) is 10.3 Å². The van der Waals surface area contributed by atoms with Crippen molar-refractivity contribution in [2.75, 3.05) is 17.3 Å². The number of nitrogens with one attached hydrogen (secondary N) is 1. The summed E-state index contributed by atoms with van der Waals surface area (Å²) >= 11 is 0. The molecule has 0 saturated carbocycles. The summed E-state index contributed by atoms with van der Waals surface area (Å²) in [5.41, 5.74) is 3.37. The molecule has 1 aromatic heterocycles. The number of ether oxygens (including phenoxy) is 1. The number of benzene rings is 2. The number of carbonyl (C=O) groups excluding carboxylic acids is 2. The molecule has 6 nitrogen and oxygen atoms in total. The Balaban J connectivity index is 1.78. The fourth-order valence-corrected chi connectivity index (χ4v) is 4.11. The van der Waals surface area contributed by atoms with Crippen LogP contribution in [0.1, 0.15) is 30.0 Å². The number of nitrogens with zero attached hydrogens (tertiary/aromatic N) is 2. The van der Waals surface area contributed by atoms with E-state index in [1.807, 2.05) is 55.5 Å². The topological polar surface area (TPSA) is 71.5 Å². The summed E-state index contributed by atoms with van der Waals surface area (Å²) in [6, 6.07) is 18.4. The second kappa shape index (κ2) is 9.00. The molecule has 4 rings (SSSR count). The van der Waals surface area contributed by atoms with Gasteiger partial charge in [-0.15, -0.1) is 0 Å². The zero-order chi connectivity index (χ0) is 21.8. The van der Waals surface area contributed by atoms with Crippen LogP contribution in [0, 0.1) is 12.8 Å². The molecule has 31 heavy (non-hydrogen) atoms. The van der Waals surface area contributed by atoms with E-state index >= 15 is 0 Å². The molecule has 0 bridgehead atoms. The van der Waals surface area contributed by atoms with Crippen LogP contribution >= 0.6 is 0 Å². The minimum atomic E-state index is -0.484. The van der Waals surface area contributed by atoms with Crippen molar-refractivity contribution in [1.29, 1.82) is 0 Å². The third-order valence-corrected chi connectivity index (χ3v) is 5.65. The van der Waals surface area contributed by atoms with Gasteiger partial charge in [-0.2, -0.15) is 0 Å². The molecule has 0 aliphatic carbocycles. The van der Waals surface area contributed by atoms with Crippen LogP contribution in [0.3, 0.4) is 0 Å². The van der Waals surface area contributed by atoms with Crippen LogP contribution in [0.25, 0.3) is 0 Å². The largest absolute Gasteiger partial charge is 0.496 e. The van der Waals surface area contributed by atoms with Gasteiger partial charge in [-0.1, -0.05) is 35.9 Å². The first-order valence-corrected chi connectivity index (χ1v) is 10.3. The van der Waals surface area contributed by atoms with Crippen LogP contribution in [-0.4, -0.2) is 23.9 Å². The Morgan fingerprint density at radius 1 is 1.06 bits per heavy atom. The molecule has 0 unspecified atom stereocenters. The number of aryl methyl sites for hydroxylation is 1. The Morgan fingerprint density at radius 2 is 1.77 bits per heavy atom. The number of hydrogen-bond donors (Lipinski definition) is 1. The van der Waals surface area contributed by atoms with Crippen molar-refractivity contribution in [1.82, 2.24) is 4.98 Å². The molecular weight excluding hydrogens is 390 g/mol. The first-order chi connectivity index (χ1) is 15.1. The molecule has 0 spiro atoms. The van der Waals surface area contributed by atoms with E-state index in [1.54, 1.807) is 36.5 Å². The third-order valence-electron chi connectivity index (χ3n) is 5.65. The van der Waals surface area contributed by atoms with Gasteiger partial charge in [0.2, 0.25) is 11.8 Å². The van der Waals surface area contributed by atoms with E-state index in [-0.39, 0.29) is 11.8 Å². The van der Waals surface area contributed by atoms with Crippen molar-refractivity contribution in [3.8, 4) is 5.75 Å². The SMILES string of the molecule is COc1ccccc1[C@H]1[C@H](C(=O)Nc2ccncc2)CCC(=O)N1c1ccc(C)cc1. The fraction of sp³-hybridized carbons (Fsp3) is 0.240. The van der Waals surface area contributed by atoms with Gasteiger partial charge in [0.1, 0.15) is 5.75 Å². The van der Waals surface area contributed by atoms with Crippen LogP contribution < -0.4 is 15.0 Å². The molecule has 1 saturated heterocycles. The zero-order valence-electron chi connectivity index (χ0n) is 17.6. The summed E-state index contributed by atoms with van der Waals surface area (Å²) in [6.45, 7) is 2.00. The average Bonchev–Trinajstić information content (AvgIpc) is 2.80. The number of pyridine rings is 1. The number of rotatable bonds is 5. The first-order valence-electron chi connectivity index (χ1n) is 10.3. The molecule has 2 heterocycles. The summed E-state index contributed by atoms with van der Waals surface area (Å²) in [6.07, 6.45) is 4.03. The zero-order valence-corrected chi connectivity index (χ0v) is 17.6. The maximum atomic E-state index is 13.4. The van der Waals surface area contributed by atoms with Crippen molar-refractivity contribution in [3.05, 3.63) is 84.2 Å². The van der Waals surface area contributed by atoms with E-state index in [0.717, 1.165) is 16.8 Å². The van der Waals surface area contributed by atoms with Crippen LogP contribution in [0.5, 0.6) is 5.75 Å². The Morgan fingerprint density at radius 3 is 2.48 bits per heavy atom. The van der Waals surface area contributed by atoms with Gasteiger partial charge in [-0.05, 0) is 43.7 Å². The number of methoxy groups -OCH3 is 1. The van der Waals surface area contributed by atoms with E-state index in [4.69, 9.17) is 4.74 Å². The number of carbonyl (C=O) groups is 2. The van der Waals surface area contributed by atoms with Crippen molar-refractivity contribution >= 4 is 23.2 Å². The van der Waals surface area contributed by atoms with Gasteiger partial charge in [0.05, 0.1) is 19.1 Å². The second-order valence-corrected chi connectivity index (χ2v) is 7.66. The van der Waals surface area contributed by atoms with Gasteiger partial charge in [0, 0.05) is 35.8 Å². The lowest BCUT2D eigenvalue weighted by Gasteiger charge is -2.41. The number of anilines is 2. The van der Waals surface area contributed by atoms with Gasteiger partial charge >= 0.3 is 0 Å². The summed E-state index contributed by atoms with van der Waals surface area (Å²) in [5, 5.41) is 2.99. The van der Waals surface area contributed by atoms with Crippen LogP contribution in [-0.2, 0) is 9.59 Å². The fourth-order valence-electron chi connectivity index (χ4n) is 4.11. The number of piperidine rings is 1. The van der Waals surface area contributed by atoms with Crippen molar-refractivity contribution in [2.24, 2.45) is 5.92 Å². The molecule has 2 atom stereocenters. The maximum Gasteiger partial charge on any atom is 0.229 e. The monoisotopic (exact) mass is 415 g/mol. The lowest BCUT2D eigenvalue weighted by molar-refractivity contribution is -0.125. The molecule has 0 radical (unpaired) electrons. The number of hydrogen-bond acceptors (Lipinski definition) is 4. The van der Waals surface area contributed by atoms with Gasteiger partial charge < -0.3 is 15.0 Å². The first kappa shape index (κ1) is 20.6. The molecule has 1 fully saturated rings. The number of amides is 2. The van der Waals surface area contributed by atoms with Crippen LogP contribution in [0.15, 0.2) is 73.1 Å². The molecule has 2 aromatic carbocycles. The van der Waals surface area contributed by atoms with Crippen molar-refractivity contribution in [2.45, 2.75) is 25.8 Å². The lowest BCUT2D eigenvalue weighted by Crippen LogP contribution is -2.47. The van der Waals surface area contributed by atoms with E-state index in [0.29, 0.717) is 24.3 Å². The molecule has 1 aliphatic rings. The summed E-state index contributed by atoms with van der Waals surface area (Å²) < 4.78 is 5.61. The quantitative estimate of drug-likeness (QED) is 0.665. The normalized spacial score (nSPS) is 18.5. The minimum absolute atomic E-state index is 0.00674. The van der Waals surface area contributed by atoms with Gasteiger partial charge in [0.25, 0.3) is 0 Å². The second-order valence-electron chi connectivity index (χ2n) is 7.66. The Labute approximate surface area is 181 Å². The summed E-state index contributed by atoms with van der Waals surface area (Å²) in [7, 11) is 1.60. The molecule has 1 aliphatic heterocycles. The highest BCUT2D eigenvalue weighted by Gasteiger charge is 2.42. The summed E-state index contributed by atoms with van der Waals surface area (Å²) in [5.74, 6) is 0.0731. The predicted molar refractivity (Wildman–Crippen MR) is 120 cm³/mol. The maximum absolute atomic E-state index is 13.4. The van der Waals surface area contributed by atoms with E-state index < -0.39 is 12.0 Å².